The van der Waals surface area contributed by atoms with Gasteiger partial charge in [-0.15, -0.1) is 0 Å². The summed E-state index contributed by atoms with van der Waals surface area (Å²) in [7, 11) is -4.58. The zero-order valence-electron chi connectivity index (χ0n) is 12.5. The molecule has 0 radical (unpaired) electrons. The largest absolute Gasteiger partial charge is 0.345 e. The fourth-order valence-corrected chi connectivity index (χ4v) is 3.45. The number of carbonyl (C=O) groups excluding carboxylic acids is 2. The highest BCUT2D eigenvalue weighted by atomic mass is 31.2. The minimum Gasteiger partial charge on any atom is -0.323 e. The van der Waals surface area contributed by atoms with Gasteiger partial charge >= 0.3 is 13.6 Å². The van der Waals surface area contributed by atoms with Gasteiger partial charge in [0.15, 0.2) is 5.54 Å². The monoisotopic (exact) mass is 346 g/mol. The van der Waals surface area contributed by atoms with Gasteiger partial charge in [0.2, 0.25) is 0 Å². The molecule has 1 aliphatic rings. The maximum atomic E-state index is 13.0. The molecular formula is C16H15N2O5P. The minimum atomic E-state index is -4.58. The van der Waals surface area contributed by atoms with Gasteiger partial charge in [-0.3, -0.25) is 9.36 Å². The van der Waals surface area contributed by atoms with Gasteiger partial charge in [-0.1, -0.05) is 60.7 Å². The highest BCUT2D eigenvalue weighted by molar-refractivity contribution is 7.51. The highest BCUT2D eigenvalue weighted by Gasteiger charge is 2.54. The quantitative estimate of drug-likeness (QED) is 0.576. The molecule has 2 aromatic carbocycles. The SMILES string of the molecule is O=C1NC(c2ccccc2)(c2ccccc2)C(=O)N1CP(=O)(O)O. The number of urea groups is 1. The standard InChI is InChI=1S/C16H15N2O5P/c19-14-16(12-7-3-1-4-8-12,13-9-5-2-6-10-13)17-15(20)18(14)11-24(21,22)23/h1-10H,11H2,(H,17,20)(H2,21,22,23). The second-order valence-corrected chi connectivity index (χ2v) is 7.06. The molecular weight excluding hydrogens is 331 g/mol. The second kappa shape index (κ2) is 5.87. The summed E-state index contributed by atoms with van der Waals surface area (Å²) in [6.45, 7) is 0. The summed E-state index contributed by atoms with van der Waals surface area (Å²) in [5.41, 5.74) is -0.472. The summed E-state index contributed by atoms with van der Waals surface area (Å²) < 4.78 is 11.3. The summed E-state index contributed by atoms with van der Waals surface area (Å²) in [6.07, 6.45) is -0.959. The van der Waals surface area contributed by atoms with Crippen LogP contribution in [0.3, 0.4) is 0 Å². The van der Waals surface area contributed by atoms with Crippen molar-refractivity contribution in [1.82, 2.24) is 10.2 Å². The predicted octanol–water partition coefficient (Wildman–Crippen LogP) is 1.62. The Kier molecular flexibility index (Phi) is 4.01. The van der Waals surface area contributed by atoms with Crippen LogP contribution in [0.15, 0.2) is 60.7 Å². The van der Waals surface area contributed by atoms with Gasteiger partial charge < -0.3 is 15.1 Å². The van der Waals surface area contributed by atoms with E-state index in [9.17, 15) is 14.2 Å². The molecule has 0 atom stereocenters. The van der Waals surface area contributed by atoms with Crippen molar-refractivity contribution in [3.63, 3.8) is 0 Å². The van der Waals surface area contributed by atoms with E-state index in [1.807, 2.05) is 0 Å². The number of nitrogens with one attached hydrogen (secondary N) is 1. The molecule has 3 amide bonds. The Morgan fingerprint density at radius 3 is 1.79 bits per heavy atom. The Hall–Kier alpha value is -2.47. The Bertz CT molecular complexity index is 779. The maximum Gasteiger partial charge on any atom is 0.345 e. The van der Waals surface area contributed by atoms with Gasteiger partial charge in [0.25, 0.3) is 5.91 Å². The molecule has 0 aliphatic carbocycles. The normalized spacial score (nSPS) is 17.0. The number of imide groups is 1. The van der Waals surface area contributed by atoms with Gasteiger partial charge in [-0.25, -0.2) is 9.69 Å². The van der Waals surface area contributed by atoms with Crippen LogP contribution in [-0.2, 0) is 14.9 Å². The Morgan fingerprint density at radius 2 is 1.38 bits per heavy atom. The fourth-order valence-electron chi connectivity index (χ4n) is 2.82. The molecule has 1 saturated heterocycles. The average molecular weight is 346 g/mol. The number of nitrogens with zero attached hydrogens (tertiary/aromatic N) is 1. The van der Waals surface area contributed by atoms with Gasteiger partial charge in [0, 0.05) is 0 Å². The molecule has 1 heterocycles. The second-order valence-electron chi connectivity index (χ2n) is 5.45. The molecule has 0 spiro atoms. The lowest BCUT2D eigenvalue weighted by Crippen LogP contribution is -2.45. The molecule has 124 valence electrons. The average Bonchev–Trinajstić information content (AvgIpc) is 2.81. The third kappa shape index (κ3) is 2.73. The van der Waals surface area contributed by atoms with Crippen LogP contribution in [-0.4, -0.2) is 32.9 Å². The van der Waals surface area contributed by atoms with Crippen LogP contribution in [0.1, 0.15) is 11.1 Å². The van der Waals surface area contributed by atoms with Gasteiger partial charge in [0.1, 0.15) is 6.29 Å². The number of carbonyl (C=O) groups is 2. The van der Waals surface area contributed by atoms with E-state index in [4.69, 9.17) is 9.79 Å². The predicted molar refractivity (Wildman–Crippen MR) is 86.0 cm³/mol. The van der Waals surface area contributed by atoms with Crippen molar-refractivity contribution in [2.24, 2.45) is 0 Å². The summed E-state index contributed by atoms with van der Waals surface area (Å²) >= 11 is 0. The maximum absolute atomic E-state index is 13.0. The third-order valence-corrected chi connectivity index (χ3v) is 4.50. The zero-order valence-corrected chi connectivity index (χ0v) is 13.4. The van der Waals surface area contributed by atoms with E-state index in [0.29, 0.717) is 16.0 Å². The molecule has 24 heavy (non-hydrogen) atoms. The van der Waals surface area contributed by atoms with E-state index < -0.39 is 31.4 Å². The first-order chi connectivity index (χ1) is 11.3. The lowest BCUT2D eigenvalue weighted by atomic mass is 9.83. The van der Waals surface area contributed by atoms with E-state index in [2.05, 4.69) is 5.32 Å². The number of rotatable bonds is 4. The van der Waals surface area contributed by atoms with Crippen molar-refractivity contribution in [3.05, 3.63) is 71.8 Å². The summed E-state index contributed by atoms with van der Waals surface area (Å²) in [4.78, 5) is 44.2. The number of amides is 3. The van der Waals surface area contributed by atoms with Crippen LogP contribution in [0.5, 0.6) is 0 Å². The lowest BCUT2D eigenvalue weighted by molar-refractivity contribution is -0.129. The van der Waals surface area contributed by atoms with Crippen LogP contribution >= 0.6 is 7.60 Å². The Balaban J connectivity index is 2.16. The molecule has 3 rings (SSSR count). The summed E-state index contributed by atoms with van der Waals surface area (Å²) in [6, 6.07) is 16.4. The van der Waals surface area contributed by atoms with Gasteiger partial charge in [-0.2, -0.15) is 0 Å². The fraction of sp³-hybridized carbons (Fsp3) is 0.125. The molecule has 0 saturated carbocycles. The molecule has 3 N–H and O–H groups in total. The Labute approximate surface area is 138 Å². The molecule has 2 aromatic rings. The van der Waals surface area contributed by atoms with Crippen LogP contribution in [0.2, 0.25) is 0 Å². The van der Waals surface area contributed by atoms with Gasteiger partial charge in [0.05, 0.1) is 0 Å². The molecule has 0 bridgehead atoms. The molecule has 1 aliphatic heterocycles. The first kappa shape index (κ1) is 16.4. The lowest BCUT2D eigenvalue weighted by Gasteiger charge is -2.28. The third-order valence-electron chi connectivity index (χ3n) is 3.84. The topological polar surface area (TPSA) is 107 Å². The smallest absolute Gasteiger partial charge is 0.323 e. The van der Waals surface area contributed by atoms with E-state index in [0.717, 1.165) is 0 Å². The number of hydrogen-bond donors (Lipinski definition) is 3. The van der Waals surface area contributed by atoms with Crippen molar-refractivity contribution in [2.45, 2.75) is 5.54 Å². The molecule has 0 aromatic heterocycles. The van der Waals surface area contributed by atoms with Crippen LogP contribution < -0.4 is 5.32 Å². The van der Waals surface area contributed by atoms with E-state index in [1.165, 1.54) is 0 Å². The van der Waals surface area contributed by atoms with E-state index in [1.54, 1.807) is 60.7 Å². The van der Waals surface area contributed by atoms with Crippen molar-refractivity contribution < 1.29 is 23.9 Å². The minimum absolute atomic E-state index is 0.516. The highest BCUT2D eigenvalue weighted by Crippen LogP contribution is 2.41. The van der Waals surface area contributed by atoms with Crippen LogP contribution in [0, 0.1) is 0 Å². The van der Waals surface area contributed by atoms with Gasteiger partial charge in [-0.05, 0) is 11.1 Å². The summed E-state index contributed by atoms with van der Waals surface area (Å²) in [5.74, 6) is -0.715. The molecule has 8 heteroatoms. The van der Waals surface area contributed by atoms with Crippen molar-refractivity contribution in [1.29, 1.82) is 0 Å². The summed E-state index contributed by atoms with van der Waals surface area (Å²) in [5, 5.41) is 2.62. The Morgan fingerprint density at radius 1 is 0.917 bits per heavy atom. The van der Waals surface area contributed by atoms with Crippen LogP contribution in [0.4, 0.5) is 4.79 Å². The number of hydrogen-bond acceptors (Lipinski definition) is 3. The van der Waals surface area contributed by atoms with E-state index in [-0.39, 0.29) is 0 Å². The van der Waals surface area contributed by atoms with Crippen LogP contribution in [0.25, 0.3) is 0 Å². The van der Waals surface area contributed by atoms with Crippen molar-refractivity contribution >= 4 is 19.5 Å². The molecule has 1 fully saturated rings. The van der Waals surface area contributed by atoms with Crippen molar-refractivity contribution in [2.75, 3.05) is 6.29 Å². The first-order valence-corrected chi connectivity index (χ1v) is 8.94. The number of benzene rings is 2. The first-order valence-electron chi connectivity index (χ1n) is 7.14. The molecule has 7 nitrogen and oxygen atoms in total. The molecule has 0 unspecified atom stereocenters. The van der Waals surface area contributed by atoms with Crippen molar-refractivity contribution in [3.8, 4) is 0 Å². The van der Waals surface area contributed by atoms with E-state index >= 15 is 0 Å². The zero-order chi connectivity index (χ0) is 17.4.